The van der Waals surface area contributed by atoms with Crippen LogP contribution in [0.4, 0.5) is 0 Å². The zero-order valence-corrected chi connectivity index (χ0v) is 14.0. The van der Waals surface area contributed by atoms with E-state index in [1.54, 1.807) is 22.6 Å². The van der Waals surface area contributed by atoms with E-state index >= 15 is 0 Å². The number of benzene rings is 1. The van der Waals surface area contributed by atoms with Gasteiger partial charge in [0, 0.05) is 11.4 Å². The van der Waals surface area contributed by atoms with Crippen LogP contribution in [-0.4, -0.2) is 21.3 Å². The van der Waals surface area contributed by atoms with Crippen LogP contribution >= 0.6 is 27.7 Å². The summed E-state index contributed by atoms with van der Waals surface area (Å²) in [4.78, 5) is 13.5. The van der Waals surface area contributed by atoms with Gasteiger partial charge in [-0.2, -0.15) is 5.10 Å². The smallest absolute Gasteiger partial charge is 0.192 e. The summed E-state index contributed by atoms with van der Waals surface area (Å²) in [6, 6.07) is 8.19. The number of ketones is 1. The molecule has 0 aliphatic rings. The van der Waals surface area contributed by atoms with Crippen molar-refractivity contribution in [3.63, 3.8) is 0 Å². The predicted octanol–water partition coefficient (Wildman–Crippen LogP) is 4.34. The normalized spacial score (nSPS) is 10.8. The molecule has 0 aliphatic heterocycles. The molecule has 2 rings (SSSR count). The highest BCUT2D eigenvalue weighted by Gasteiger charge is 2.16. The Morgan fingerprint density at radius 3 is 2.95 bits per heavy atom. The van der Waals surface area contributed by atoms with Crippen molar-refractivity contribution in [2.24, 2.45) is 0 Å². The highest BCUT2D eigenvalue weighted by Crippen LogP contribution is 2.23. The monoisotopic (exact) mass is 352 g/mol. The fourth-order valence-electron chi connectivity index (χ4n) is 1.94. The molecule has 0 fully saturated rings. The average molecular weight is 353 g/mol. The lowest BCUT2D eigenvalue weighted by atomic mass is 10.2. The van der Waals surface area contributed by atoms with Gasteiger partial charge in [0.2, 0.25) is 0 Å². The lowest BCUT2D eigenvalue weighted by molar-refractivity contribution is 0.101. The van der Waals surface area contributed by atoms with E-state index in [2.05, 4.69) is 47.0 Å². The van der Waals surface area contributed by atoms with Crippen molar-refractivity contribution < 1.29 is 4.79 Å². The van der Waals surface area contributed by atoms with Gasteiger partial charge in [0.25, 0.3) is 0 Å². The number of nitrogens with zero attached hydrogens (tertiary/aromatic N) is 2. The molecule has 0 aliphatic carbocycles. The molecular weight excluding hydrogens is 336 g/mol. The molecule has 0 N–H and O–H groups in total. The topological polar surface area (TPSA) is 34.9 Å². The van der Waals surface area contributed by atoms with Gasteiger partial charge in [-0.05, 0) is 41.4 Å². The van der Waals surface area contributed by atoms with Crippen LogP contribution in [0.25, 0.3) is 0 Å². The molecule has 106 valence electrons. The molecule has 1 aromatic carbocycles. The fraction of sp³-hybridized carbons (Fsp3) is 0.333. The molecule has 0 spiro atoms. The summed E-state index contributed by atoms with van der Waals surface area (Å²) in [5, 5.41) is 4.24. The third kappa shape index (κ3) is 3.73. The van der Waals surface area contributed by atoms with E-state index in [4.69, 9.17) is 0 Å². The quantitative estimate of drug-likeness (QED) is 0.572. The number of aromatic nitrogens is 2. The second-order valence-electron chi connectivity index (χ2n) is 4.59. The van der Waals surface area contributed by atoms with Gasteiger partial charge in [0.1, 0.15) is 5.69 Å². The van der Waals surface area contributed by atoms with Gasteiger partial charge < -0.3 is 0 Å². The largest absolute Gasteiger partial charge is 0.291 e. The molecule has 0 saturated heterocycles. The Hall–Kier alpha value is -1.07. The number of Topliss-reactive ketones (excluding diaryl/α,β-unsaturated/α-hetero) is 1. The molecule has 0 saturated carbocycles. The van der Waals surface area contributed by atoms with E-state index in [1.165, 1.54) is 5.56 Å². The Kier molecular flexibility index (Phi) is 5.43. The maximum Gasteiger partial charge on any atom is 0.192 e. The number of rotatable bonds is 6. The minimum atomic E-state index is 0.106. The second kappa shape index (κ2) is 7.09. The summed E-state index contributed by atoms with van der Waals surface area (Å²) in [7, 11) is 0. The summed E-state index contributed by atoms with van der Waals surface area (Å²) in [5.74, 6) is 0.534. The van der Waals surface area contributed by atoms with Gasteiger partial charge in [0.15, 0.2) is 5.78 Å². The Morgan fingerprint density at radius 1 is 1.45 bits per heavy atom. The maximum absolute atomic E-state index is 12.4. The van der Waals surface area contributed by atoms with Crippen LogP contribution in [0.2, 0.25) is 0 Å². The van der Waals surface area contributed by atoms with Crippen LogP contribution in [0.5, 0.6) is 0 Å². The zero-order chi connectivity index (χ0) is 14.5. The Bertz CT molecular complexity index is 610. The number of carbonyl (C=O) groups excluding carboxylic acids is 1. The maximum atomic E-state index is 12.4. The molecule has 3 nitrogen and oxygen atoms in total. The summed E-state index contributed by atoms with van der Waals surface area (Å²) >= 11 is 4.98. The summed E-state index contributed by atoms with van der Waals surface area (Å²) < 4.78 is 2.56. The van der Waals surface area contributed by atoms with Crippen molar-refractivity contribution in [1.29, 1.82) is 0 Å². The van der Waals surface area contributed by atoms with Gasteiger partial charge in [-0.25, -0.2) is 0 Å². The van der Waals surface area contributed by atoms with Crippen LogP contribution in [0, 0.1) is 6.92 Å². The van der Waals surface area contributed by atoms with Crippen molar-refractivity contribution in [3.05, 3.63) is 46.2 Å². The SMILES string of the molecule is CCCn1ncc(Br)c1C(=O)CSc1cccc(C)c1. The first-order valence-electron chi connectivity index (χ1n) is 6.55. The van der Waals surface area contributed by atoms with Gasteiger partial charge in [-0.15, -0.1) is 11.8 Å². The number of carbonyl (C=O) groups is 1. The van der Waals surface area contributed by atoms with E-state index in [9.17, 15) is 4.79 Å². The number of thioether (sulfide) groups is 1. The number of halogens is 1. The van der Waals surface area contributed by atoms with Crippen LogP contribution < -0.4 is 0 Å². The molecule has 1 heterocycles. The highest BCUT2D eigenvalue weighted by atomic mass is 79.9. The van der Waals surface area contributed by atoms with E-state index < -0.39 is 0 Å². The first kappa shape index (κ1) is 15.3. The van der Waals surface area contributed by atoms with Crippen molar-refractivity contribution in [1.82, 2.24) is 9.78 Å². The average Bonchev–Trinajstić information content (AvgIpc) is 2.78. The molecule has 5 heteroatoms. The molecule has 0 bridgehead atoms. The molecular formula is C15H17BrN2OS. The molecule has 20 heavy (non-hydrogen) atoms. The standard InChI is InChI=1S/C15H17BrN2OS/c1-3-7-18-15(13(16)9-17-18)14(19)10-20-12-6-4-5-11(2)8-12/h4-6,8-9H,3,7,10H2,1-2H3. The summed E-state index contributed by atoms with van der Waals surface area (Å²) in [5.41, 5.74) is 1.88. The highest BCUT2D eigenvalue weighted by molar-refractivity contribution is 9.10. The van der Waals surface area contributed by atoms with Crippen molar-refractivity contribution in [2.45, 2.75) is 31.7 Å². The van der Waals surface area contributed by atoms with Gasteiger partial charge >= 0.3 is 0 Å². The molecule has 0 atom stereocenters. The zero-order valence-electron chi connectivity index (χ0n) is 11.6. The Morgan fingerprint density at radius 2 is 2.25 bits per heavy atom. The minimum Gasteiger partial charge on any atom is -0.291 e. The Labute approximate surface area is 131 Å². The van der Waals surface area contributed by atoms with E-state index in [0.29, 0.717) is 11.4 Å². The van der Waals surface area contributed by atoms with Crippen LogP contribution in [0.3, 0.4) is 0 Å². The lowest BCUT2D eigenvalue weighted by Crippen LogP contribution is -2.12. The molecule has 0 unspecified atom stereocenters. The third-order valence-corrected chi connectivity index (χ3v) is 4.43. The van der Waals surface area contributed by atoms with Crippen molar-refractivity contribution in [3.8, 4) is 0 Å². The third-order valence-electron chi connectivity index (χ3n) is 2.85. The molecule has 1 aromatic heterocycles. The van der Waals surface area contributed by atoms with Gasteiger partial charge in [-0.3, -0.25) is 9.48 Å². The van der Waals surface area contributed by atoms with Crippen molar-refractivity contribution in [2.75, 3.05) is 5.75 Å². The molecule has 0 radical (unpaired) electrons. The minimum absolute atomic E-state index is 0.106. The predicted molar refractivity (Wildman–Crippen MR) is 86.5 cm³/mol. The number of aryl methyl sites for hydroxylation is 2. The van der Waals surface area contributed by atoms with Gasteiger partial charge in [-0.1, -0.05) is 24.6 Å². The van der Waals surface area contributed by atoms with Crippen LogP contribution in [0.15, 0.2) is 39.8 Å². The van der Waals surface area contributed by atoms with E-state index in [0.717, 1.165) is 22.3 Å². The number of hydrogen-bond acceptors (Lipinski definition) is 3. The molecule has 0 amide bonds. The lowest BCUT2D eigenvalue weighted by Gasteiger charge is -2.06. The summed E-state index contributed by atoms with van der Waals surface area (Å²) in [6.07, 6.45) is 2.65. The fourth-order valence-corrected chi connectivity index (χ4v) is 3.34. The van der Waals surface area contributed by atoms with Gasteiger partial charge in [0.05, 0.1) is 16.4 Å². The second-order valence-corrected chi connectivity index (χ2v) is 6.50. The van der Waals surface area contributed by atoms with Crippen LogP contribution in [0.1, 0.15) is 29.4 Å². The summed E-state index contributed by atoms with van der Waals surface area (Å²) in [6.45, 7) is 4.89. The van der Waals surface area contributed by atoms with E-state index in [-0.39, 0.29) is 5.78 Å². The van der Waals surface area contributed by atoms with Crippen molar-refractivity contribution >= 4 is 33.5 Å². The number of hydrogen-bond donors (Lipinski definition) is 0. The Balaban J connectivity index is 2.07. The first-order chi connectivity index (χ1) is 9.61. The first-order valence-corrected chi connectivity index (χ1v) is 8.33. The van der Waals surface area contributed by atoms with E-state index in [1.807, 2.05) is 12.1 Å². The van der Waals surface area contributed by atoms with Crippen LogP contribution in [-0.2, 0) is 6.54 Å². The molecule has 2 aromatic rings.